The Bertz CT molecular complexity index is 332. The van der Waals surface area contributed by atoms with Gasteiger partial charge in [0.25, 0.3) is 0 Å². The van der Waals surface area contributed by atoms with E-state index in [0.29, 0.717) is 18.4 Å². The second kappa shape index (κ2) is 3.02. The third kappa shape index (κ3) is 1.32. The van der Waals surface area contributed by atoms with Gasteiger partial charge in [-0.1, -0.05) is 19.9 Å². The Labute approximate surface area is 83.3 Å². The third-order valence-electron chi connectivity index (χ3n) is 3.41. The normalized spacial score (nSPS) is 28.9. The van der Waals surface area contributed by atoms with Crippen LogP contribution in [-0.4, -0.2) is 11.5 Å². The van der Waals surface area contributed by atoms with E-state index in [1.807, 2.05) is 6.07 Å². The number of aromatic nitrogens is 1. The molecule has 2 rings (SSSR count). The van der Waals surface area contributed by atoms with Gasteiger partial charge in [0.1, 0.15) is 0 Å². The summed E-state index contributed by atoms with van der Waals surface area (Å²) in [7, 11) is 0. The fourth-order valence-electron chi connectivity index (χ4n) is 2.42. The van der Waals surface area contributed by atoms with E-state index in [2.05, 4.69) is 18.8 Å². The maximum absolute atomic E-state index is 12.6. The third-order valence-corrected chi connectivity index (χ3v) is 3.41. The number of nitrogens with zero attached hydrogens (tertiary/aromatic N) is 1. The molecule has 1 fully saturated rings. The summed E-state index contributed by atoms with van der Waals surface area (Å²) in [5.74, 6) is 0.534. The van der Waals surface area contributed by atoms with Crippen LogP contribution in [0.15, 0.2) is 18.3 Å². The fraction of sp³-hybridized carbons (Fsp3) is 0.545. The predicted octanol–water partition coefficient (Wildman–Crippen LogP) is 1.92. The molecule has 1 saturated carbocycles. The average molecular weight is 194 g/mol. The average Bonchev–Trinajstić information content (AvgIpc) is 2.69. The zero-order valence-corrected chi connectivity index (χ0v) is 8.50. The van der Waals surface area contributed by atoms with E-state index in [9.17, 15) is 4.39 Å². The summed E-state index contributed by atoms with van der Waals surface area (Å²) < 4.78 is 12.6. The molecule has 1 heterocycles. The van der Waals surface area contributed by atoms with E-state index in [-0.39, 0.29) is 5.41 Å². The zero-order valence-electron chi connectivity index (χ0n) is 8.50. The Morgan fingerprint density at radius 2 is 2.21 bits per heavy atom. The molecule has 14 heavy (non-hydrogen) atoms. The zero-order chi connectivity index (χ0) is 10.3. The van der Waals surface area contributed by atoms with Gasteiger partial charge in [0.15, 0.2) is 0 Å². The number of hydrogen-bond acceptors (Lipinski definition) is 2. The minimum atomic E-state index is -0.420. The summed E-state index contributed by atoms with van der Waals surface area (Å²) in [6.07, 6.45) is 1.62. The van der Waals surface area contributed by atoms with Gasteiger partial charge in [-0.3, -0.25) is 0 Å². The van der Waals surface area contributed by atoms with Crippen LogP contribution in [0.1, 0.15) is 25.3 Å². The van der Waals surface area contributed by atoms with Gasteiger partial charge in [0.2, 0.25) is 5.95 Å². The van der Waals surface area contributed by atoms with E-state index >= 15 is 0 Å². The first-order valence-electron chi connectivity index (χ1n) is 4.89. The van der Waals surface area contributed by atoms with Crippen LogP contribution in [0.3, 0.4) is 0 Å². The molecule has 1 aliphatic carbocycles. The van der Waals surface area contributed by atoms with Crippen LogP contribution < -0.4 is 5.73 Å². The molecule has 0 saturated heterocycles. The fourth-order valence-corrected chi connectivity index (χ4v) is 2.42. The van der Waals surface area contributed by atoms with E-state index in [1.54, 1.807) is 6.20 Å². The molecule has 2 nitrogen and oxygen atoms in total. The molecule has 2 atom stereocenters. The number of nitrogens with two attached hydrogens (primary N) is 1. The molecule has 0 unspecified atom stereocenters. The van der Waals surface area contributed by atoms with Crippen molar-refractivity contribution in [2.75, 3.05) is 6.54 Å². The molecule has 0 amide bonds. The Morgan fingerprint density at radius 1 is 1.50 bits per heavy atom. The maximum Gasteiger partial charge on any atom is 0.212 e. The Balaban J connectivity index is 2.22. The van der Waals surface area contributed by atoms with Gasteiger partial charge < -0.3 is 5.73 Å². The highest BCUT2D eigenvalue weighted by atomic mass is 19.1. The van der Waals surface area contributed by atoms with Gasteiger partial charge in [-0.25, -0.2) is 4.98 Å². The molecule has 1 aliphatic rings. The van der Waals surface area contributed by atoms with Crippen molar-refractivity contribution in [2.45, 2.75) is 19.8 Å². The van der Waals surface area contributed by atoms with Gasteiger partial charge in [-0.2, -0.15) is 4.39 Å². The summed E-state index contributed by atoms with van der Waals surface area (Å²) in [6.45, 7) is 5.08. The minimum Gasteiger partial charge on any atom is -0.330 e. The lowest BCUT2D eigenvalue weighted by Crippen LogP contribution is -2.05. The topological polar surface area (TPSA) is 38.9 Å². The molecular weight excluding hydrogens is 179 g/mol. The van der Waals surface area contributed by atoms with Crippen molar-refractivity contribution in [1.29, 1.82) is 0 Å². The lowest BCUT2D eigenvalue weighted by molar-refractivity contribution is 0.556. The maximum atomic E-state index is 12.6. The highest BCUT2D eigenvalue weighted by Crippen LogP contribution is 2.63. The standard InChI is InChI=1S/C11H15FN2/c1-11(2)8(5-13)10(11)7-3-4-9(12)14-6-7/h3-4,6,8,10H,5,13H2,1-2H3/t8-,10-/m0/s1. The van der Waals surface area contributed by atoms with Crippen LogP contribution in [0.2, 0.25) is 0 Å². The van der Waals surface area contributed by atoms with Gasteiger partial charge in [0, 0.05) is 6.20 Å². The summed E-state index contributed by atoms with van der Waals surface area (Å²) in [6, 6.07) is 3.22. The van der Waals surface area contributed by atoms with Crippen molar-refractivity contribution >= 4 is 0 Å². The van der Waals surface area contributed by atoms with Crippen molar-refractivity contribution in [2.24, 2.45) is 17.1 Å². The van der Waals surface area contributed by atoms with E-state index < -0.39 is 5.95 Å². The molecule has 0 aromatic carbocycles. The van der Waals surface area contributed by atoms with Crippen LogP contribution >= 0.6 is 0 Å². The first-order chi connectivity index (χ1) is 6.57. The molecule has 0 radical (unpaired) electrons. The van der Waals surface area contributed by atoms with Gasteiger partial charge in [-0.15, -0.1) is 0 Å². The molecule has 76 valence electrons. The largest absolute Gasteiger partial charge is 0.330 e. The number of rotatable bonds is 2. The van der Waals surface area contributed by atoms with Gasteiger partial charge >= 0.3 is 0 Å². The summed E-state index contributed by atoms with van der Waals surface area (Å²) >= 11 is 0. The van der Waals surface area contributed by atoms with Crippen molar-refractivity contribution in [1.82, 2.24) is 4.98 Å². The monoisotopic (exact) mass is 194 g/mol. The Kier molecular flexibility index (Phi) is 2.07. The van der Waals surface area contributed by atoms with Crippen molar-refractivity contribution in [3.8, 4) is 0 Å². The summed E-state index contributed by atoms with van der Waals surface area (Å²) in [4.78, 5) is 3.67. The number of halogens is 1. The molecule has 0 spiro atoms. The SMILES string of the molecule is CC1(C)[C@@H](CN)[C@@H]1c1ccc(F)nc1. The molecule has 0 aliphatic heterocycles. The van der Waals surface area contributed by atoms with Crippen molar-refractivity contribution in [3.05, 3.63) is 29.8 Å². The Hall–Kier alpha value is -0.960. The lowest BCUT2D eigenvalue weighted by Gasteiger charge is -2.01. The van der Waals surface area contributed by atoms with Crippen molar-refractivity contribution < 1.29 is 4.39 Å². The van der Waals surface area contributed by atoms with Crippen LogP contribution in [0.25, 0.3) is 0 Å². The second-order valence-corrected chi connectivity index (χ2v) is 4.56. The van der Waals surface area contributed by atoms with E-state index in [0.717, 1.165) is 5.56 Å². The molecule has 1 aromatic heterocycles. The first kappa shape index (κ1) is 9.59. The lowest BCUT2D eigenvalue weighted by atomic mass is 10.1. The van der Waals surface area contributed by atoms with E-state index in [1.165, 1.54) is 6.07 Å². The van der Waals surface area contributed by atoms with Crippen LogP contribution in [-0.2, 0) is 0 Å². The molecule has 2 N–H and O–H groups in total. The Morgan fingerprint density at radius 3 is 2.64 bits per heavy atom. The van der Waals surface area contributed by atoms with Crippen LogP contribution in [0.5, 0.6) is 0 Å². The number of hydrogen-bond donors (Lipinski definition) is 1. The molecular formula is C11H15FN2. The van der Waals surface area contributed by atoms with Gasteiger partial charge in [0.05, 0.1) is 0 Å². The summed E-state index contributed by atoms with van der Waals surface area (Å²) in [5.41, 5.74) is 7.02. The second-order valence-electron chi connectivity index (χ2n) is 4.56. The highest BCUT2D eigenvalue weighted by Gasteiger charge is 2.57. The minimum absolute atomic E-state index is 0.244. The van der Waals surface area contributed by atoms with E-state index in [4.69, 9.17) is 5.73 Å². The van der Waals surface area contributed by atoms with Crippen molar-refractivity contribution in [3.63, 3.8) is 0 Å². The molecule has 3 heteroatoms. The highest BCUT2D eigenvalue weighted by molar-refractivity contribution is 5.29. The van der Waals surface area contributed by atoms with Crippen LogP contribution in [0, 0.1) is 17.3 Å². The van der Waals surface area contributed by atoms with Gasteiger partial charge in [-0.05, 0) is 35.4 Å². The van der Waals surface area contributed by atoms with Crippen LogP contribution in [0.4, 0.5) is 4.39 Å². The predicted molar refractivity (Wildman–Crippen MR) is 53.3 cm³/mol. The summed E-state index contributed by atoms with van der Waals surface area (Å²) in [5, 5.41) is 0. The number of pyridine rings is 1. The molecule has 1 aromatic rings. The quantitative estimate of drug-likeness (QED) is 0.730. The first-order valence-corrected chi connectivity index (χ1v) is 4.89. The smallest absolute Gasteiger partial charge is 0.212 e. The molecule has 0 bridgehead atoms.